The molecular formula is C22H27FN2O4S. The smallest absolute Gasteiger partial charge is 0.241 e. The van der Waals surface area contributed by atoms with Crippen LogP contribution >= 0.6 is 0 Å². The van der Waals surface area contributed by atoms with E-state index in [0.29, 0.717) is 37.3 Å². The first-order valence-corrected chi connectivity index (χ1v) is 11.3. The fraction of sp³-hybridized carbons (Fsp3) is 0.409. The van der Waals surface area contributed by atoms with E-state index in [0.717, 1.165) is 0 Å². The molecule has 1 amide bonds. The van der Waals surface area contributed by atoms with Crippen molar-refractivity contribution >= 4 is 21.6 Å². The second kappa shape index (κ2) is 8.45. The Morgan fingerprint density at radius 3 is 2.30 bits per heavy atom. The molecule has 0 bridgehead atoms. The van der Waals surface area contributed by atoms with Crippen LogP contribution in [0.1, 0.15) is 39.2 Å². The summed E-state index contributed by atoms with van der Waals surface area (Å²) in [4.78, 5) is 13.4. The van der Waals surface area contributed by atoms with Crippen molar-refractivity contribution in [2.75, 3.05) is 18.5 Å². The van der Waals surface area contributed by atoms with Gasteiger partial charge in [0.1, 0.15) is 5.82 Å². The molecule has 0 aromatic heterocycles. The summed E-state index contributed by atoms with van der Waals surface area (Å²) in [6.45, 7) is 6.10. The molecule has 8 heteroatoms. The molecule has 0 atom stereocenters. The number of ether oxygens (including phenoxy) is 1. The number of anilines is 1. The Hall–Kier alpha value is -2.29. The normalized spacial score (nSPS) is 16.8. The van der Waals surface area contributed by atoms with E-state index in [1.165, 1.54) is 24.3 Å². The van der Waals surface area contributed by atoms with Crippen LogP contribution in [-0.4, -0.2) is 33.1 Å². The van der Waals surface area contributed by atoms with Crippen LogP contribution in [0.5, 0.6) is 0 Å². The third kappa shape index (κ3) is 5.06. The largest absolute Gasteiger partial charge is 0.381 e. The summed E-state index contributed by atoms with van der Waals surface area (Å²) >= 11 is 0. The van der Waals surface area contributed by atoms with Gasteiger partial charge in [0.05, 0.1) is 10.3 Å². The van der Waals surface area contributed by atoms with Crippen LogP contribution in [-0.2, 0) is 25.0 Å². The van der Waals surface area contributed by atoms with Crippen LogP contribution in [0.4, 0.5) is 10.1 Å². The first-order chi connectivity index (χ1) is 14.0. The third-order valence-corrected chi connectivity index (χ3v) is 6.78. The Kier molecular flexibility index (Phi) is 6.31. The SMILES string of the molecule is CC(C)(C)NS(=O)(=O)c1cccc(NC(=O)C2(c3ccc(F)cc3)CCOCC2)c1. The van der Waals surface area contributed by atoms with Gasteiger partial charge in [0, 0.05) is 24.4 Å². The first kappa shape index (κ1) is 22.4. The first-order valence-electron chi connectivity index (χ1n) is 9.81. The van der Waals surface area contributed by atoms with Crippen molar-refractivity contribution in [3.63, 3.8) is 0 Å². The fourth-order valence-electron chi connectivity index (χ4n) is 3.59. The predicted octanol–water partition coefficient (Wildman–Crippen LogP) is 3.59. The summed E-state index contributed by atoms with van der Waals surface area (Å²) in [5.74, 6) is -0.638. The van der Waals surface area contributed by atoms with E-state index in [1.807, 2.05) is 0 Å². The number of hydrogen-bond donors (Lipinski definition) is 2. The van der Waals surface area contributed by atoms with Crippen molar-refractivity contribution < 1.29 is 22.3 Å². The highest BCUT2D eigenvalue weighted by atomic mass is 32.2. The lowest BCUT2D eigenvalue weighted by Gasteiger charge is -2.36. The minimum atomic E-state index is -3.74. The minimum absolute atomic E-state index is 0.0676. The van der Waals surface area contributed by atoms with Crippen molar-refractivity contribution in [1.82, 2.24) is 4.72 Å². The zero-order valence-electron chi connectivity index (χ0n) is 17.4. The molecule has 6 nitrogen and oxygen atoms in total. The number of nitrogens with one attached hydrogen (secondary N) is 2. The van der Waals surface area contributed by atoms with Gasteiger partial charge in [0.2, 0.25) is 15.9 Å². The lowest BCUT2D eigenvalue weighted by molar-refractivity contribution is -0.125. The van der Waals surface area contributed by atoms with Gasteiger partial charge in [-0.05, 0) is 69.5 Å². The maximum atomic E-state index is 13.4. The summed E-state index contributed by atoms with van der Waals surface area (Å²) < 4.78 is 46.7. The standard InChI is InChI=1S/C22H27FN2O4S/c1-21(2,3)25-30(27,28)19-6-4-5-18(15-19)24-20(26)22(11-13-29-14-12-22)16-7-9-17(23)10-8-16/h4-10,15,25H,11-14H2,1-3H3,(H,24,26). The maximum Gasteiger partial charge on any atom is 0.241 e. The van der Waals surface area contributed by atoms with Crippen molar-refractivity contribution in [2.45, 2.75) is 49.5 Å². The number of hydrogen-bond acceptors (Lipinski definition) is 4. The molecule has 1 aliphatic heterocycles. The molecule has 2 aromatic rings. The summed E-state index contributed by atoms with van der Waals surface area (Å²) in [6, 6.07) is 12.1. The molecule has 0 saturated carbocycles. The highest BCUT2D eigenvalue weighted by molar-refractivity contribution is 7.89. The van der Waals surface area contributed by atoms with E-state index in [1.54, 1.807) is 45.0 Å². The van der Waals surface area contributed by atoms with E-state index in [-0.39, 0.29) is 16.6 Å². The molecular weight excluding hydrogens is 407 g/mol. The van der Waals surface area contributed by atoms with Crippen molar-refractivity contribution in [3.05, 3.63) is 59.9 Å². The van der Waals surface area contributed by atoms with Gasteiger partial charge in [-0.25, -0.2) is 17.5 Å². The Morgan fingerprint density at radius 1 is 1.07 bits per heavy atom. The lowest BCUT2D eigenvalue weighted by Crippen LogP contribution is -2.45. The summed E-state index contributed by atoms with van der Waals surface area (Å²) in [5.41, 5.74) is -0.412. The molecule has 30 heavy (non-hydrogen) atoms. The minimum Gasteiger partial charge on any atom is -0.381 e. The highest BCUT2D eigenvalue weighted by Crippen LogP contribution is 2.36. The van der Waals surface area contributed by atoms with Gasteiger partial charge in [-0.15, -0.1) is 0 Å². The van der Waals surface area contributed by atoms with Crippen LogP contribution in [0.2, 0.25) is 0 Å². The second-order valence-corrected chi connectivity index (χ2v) is 10.2. The van der Waals surface area contributed by atoms with Gasteiger partial charge in [-0.2, -0.15) is 0 Å². The number of carbonyl (C=O) groups is 1. The van der Waals surface area contributed by atoms with Gasteiger partial charge in [-0.3, -0.25) is 4.79 Å². The van der Waals surface area contributed by atoms with Gasteiger partial charge < -0.3 is 10.1 Å². The predicted molar refractivity (Wildman–Crippen MR) is 113 cm³/mol. The highest BCUT2D eigenvalue weighted by Gasteiger charge is 2.41. The van der Waals surface area contributed by atoms with Crippen molar-refractivity contribution in [2.24, 2.45) is 0 Å². The topological polar surface area (TPSA) is 84.5 Å². The zero-order valence-corrected chi connectivity index (χ0v) is 18.2. The number of sulfonamides is 1. The Bertz CT molecular complexity index is 1010. The molecule has 0 spiro atoms. The van der Waals surface area contributed by atoms with E-state index >= 15 is 0 Å². The number of rotatable bonds is 5. The lowest BCUT2D eigenvalue weighted by atomic mass is 9.73. The fourth-order valence-corrected chi connectivity index (χ4v) is 5.05. The molecule has 1 saturated heterocycles. The monoisotopic (exact) mass is 434 g/mol. The summed E-state index contributed by atoms with van der Waals surface area (Å²) in [6.07, 6.45) is 0.905. The van der Waals surface area contributed by atoms with Crippen LogP contribution in [0.15, 0.2) is 53.4 Å². The summed E-state index contributed by atoms with van der Waals surface area (Å²) in [5, 5.41) is 2.86. The zero-order chi connectivity index (χ0) is 22.0. The van der Waals surface area contributed by atoms with Crippen LogP contribution in [0.3, 0.4) is 0 Å². The number of amides is 1. The van der Waals surface area contributed by atoms with E-state index in [9.17, 15) is 17.6 Å². The Labute approximate surface area is 176 Å². The molecule has 162 valence electrons. The van der Waals surface area contributed by atoms with Gasteiger partial charge >= 0.3 is 0 Å². The van der Waals surface area contributed by atoms with Crippen molar-refractivity contribution in [1.29, 1.82) is 0 Å². The molecule has 3 rings (SSSR count). The molecule has 2 N–H and O–H groups in total. The number of carbonyl (C=O) groups excluding carboxylic acids is 1. The second-order valence-electron chi connectivity index (χ2n) is 8.54. The van der Waals surface area contributed by atoms with E-state index in [4.69, 9.17) is 4.74 Å². The number of benzene rings is 2. The van der Waals surface area contributed by atoms with Crippen LogP contribution in [0, 0.1) is 5.82 Å². The molecule has 2 aromatic carbocycles. The third-order valence-electron chi connectivity index (χ3n) is 5.02. The molecule has 1 heterocycles. The van der Waals surface area contributed by atoms with Gasteiger partial charge in [0.25, 0.3) is 0 Å². The molecule has 1 aliphatic rings. The summed E-state index contributed by atoms with van der Waals surface area (Å²) in [7, 11) is -3.74. The molecule has 0 radical (unpaired) electrons. The van der Waals surface area contributed by atoms with Crippen molar-refractivity contribution in [3.8, 4) is 0 Å². The maximum absolute atomic E-state index is 13.4. The average molecular weight is 435 g/mol. The van der Waals surface area contributed by atoms with E-state index in [2.05, 4.69) is 10.0 Å². The van der Waals surface area contributed by atoms with Crippen LogP contribution < -0.4 is 10.0 Å². The van der Waals surface area contributed by atoms with Gasteiger partial charge in [-0.1, -0.05) is 18.2 Å². The van der Waals surface area contributed by atoms with Gasteiger partial charge in [0.15, 0.2) is 0 Å². The average Bonchev–Trinajstić information content (AvgIpc) is 2.67. The molecule has 1 fully saturated rings. The Balaban J connectivity index is 1.89. The molecule has 0 unspecified atom stereocenters. The Morgan fingerprint density at radius 2 is 1.70 bits per heavy atom. The van der Waals surface area contributed by atoms with Crippen LogP contribution in [0.25, 0.3) is 0 Å². The molecule has 0 aliphatic carbocycles. The number of halogens is 1. The van der Waals surface area contributed by atoms with E-state index < -0.39 is 21.0 Å². The quantitative estimate of drug-likeness (QED) is 0.753.